The van der Waals surface area contributed by atoms with Gasteiger partial charge in [0.1, 0.15) is 0 Å². The number of nitrogens with two attached hydrogens (primary N) is 2. The lowest BCUT2D eigenvalue weighted by atomic mass is 9.84. The zero-order valence-electron chi connectivity index (χ0n) is 15.7. The second kappa shape index (κ2) is 8.22. The molecule has 0 aliphatic rings. The molecule has 0 aliphatic heterocycles. The molecule has 0 saturated heterocycles. The lowest BCUT2D eigenvalue weighted by molar-refractivity contribution is 0.800. The number of hydrogen-bond acceptors (Lipinski definition) is 2. The molecule has 2 nitrogen and oxygen atoms in total. The fourth-order valence-electron chi connectivity index (χ4n) is 3.74. The highest BCUT2D eigenvalue weighted by Gasteiger charge is 2.22. The third-order valence-electron chi connectivity index (χ3n) is 5.19. The maximum Gasteiger partial charge on any atom is 0.0561 e. The lowest BCUT2D eigenvalue weighted by Crippen LogP contribution is -2.20. The van der Waals surface area contributed by atoms with E-state index in [0.717, 1.165) is 33.4 Å². The average Bonchev–Trinajstić information content (AvgIpc) is 2.79. The Morgan fingerprint density at radius 1 is 0.464 bits per heavy atom. The first-order valence-electron chi connectivity index (χ1n) is 9.55. The van der Waals surface area contributed by atoms with E-state index in [1.54, 1.807) is 0 Å². The summed E-state index contributed by atoms with van der Waals surface area (Å²) >= 11 is 0. The van der Waals surface area contributed by atoms with Gasteiger partial charge in [-0.2, -0.15) is 0 Å². The molecule has 0 radical (unpaired) electrons. The van der Waals surface area contributed by atoms with Crippen molar-refractivity contribution in [3.8, 4) is 11.1 Å². The molecule has 4 aromatic rings. The van der Waals surface area contributed by atoms with Crippen molar-refractivity contribution in [2.45, 2.75) is 12.1 Å². The topological polar surface area (TPSA) is 52.0 Å². The molecule has 0 fully saturated rings. The maximum absolute atomic E-state index is 6.82. The molecule has 0 saturated carbocycles. The Morgan fingerprint density at radius 3 is 1.54 bits per heavy atom. The zero-order chi connectivity index (χ0) is 19.3. The summed E-state index contributed by atoms with van der Waals surface area (Å²) in [5.74, 6) is 0. The van der Waals surface area contributed by atoms with Gasteiger partial charge in [0.2, 0.25) is 0 Å². The Balaban J connectivity index is 1.91. The van der Waals surface area contributed by atoms with Gasteiger partial charge in [-0.25, -0.2) is 0 Å². The Morgan fingerprint density at radius 2 is 0.964 bits per heavy atom. The Bertz CT molecular complexity index is 1030. The molecule has 4 aromatic carbocycles. The fraction of sp³-hybridized carbons (Fsp3) is 0.0769. The van der Waals surface area contributed by atoms with Gasteiger partial charge in [0.15, 0.2) is 0 Å². The van der Waals surface area contributed by atoms with Gasteiger partial charge in [0.25, 0.3) is 0 Å². The van der Waals surface area contributed by atoms with Crippen molar-refractivity contribution in [2.75, 3.05) is 0 Å². The van der Waals surface area contributed by atoms with Gasteiger partial charge in [-0.3, -0.25) is 0 Å². The average molecular weight is 364 g/mol. The van der Waals surface area contributed by atoms with E-state index in [-0.39, 0.29) is 12.1 Å². The highest BCUT2D eigenvalue weighted by atomic mass is 14.7. The molecule has 2 heteroatoms. The van der Waals surface area contributed by atoms with Crippen LogP contribution in [0, 0.1) is 0 Å². The van der Waals surface area contributed by atoms with Gasteiger partial charge in [-0.05, 0) is 33.4 Å². The van der Waals surface area contributed by atoms with Crippen LogP contribution in [0.4, 0.5) is 0 Å². The van der Waals surface area contributed by atoms with E-state index in [9.17, 15) is 0 Å². The molecule has 0 amide bonds. The van der Waals surface area contributed by atoms with Gasteiger partial charge in [0.05, 0.1) is 12.1 Å². The number of benzene rings is 4. The van der Waals surface area contributed by atoms with Crippen molar-refractivity contribution >= 4 is 0 Å². The highest BCUT2D eigenvalue weighted by molar-refractivity contribution is 5.71. The number of rotatable bonds is 5. The van der Waals surface area contributed by atoms with E-state index in [0.29, 0.717) is 0 Å². The van der Waals surface area contributed by atoms with E-state index < -0.39 is 0 Å². The van der Waals surface area contributed by atoms with E-state index >= 15 is 0 Å². The van der Waals surface area contributed by atoms with Crippen molar-refractivity contribution in [3.63, 3.8) is 0 Å². The smallest absolute Gasteiger partial charge is 0.0561 e. The van der Waals surface area contributed by atoms with Gasteiger partial charge < -0.3 is 11.5 Å². The van der Waals surface area contributed by atoms with Crippen LogP contribution in [0.25, 0.3) is 11.1 Å². The first-order chi connectivity index (χ1) is 13.8. The molecular weight excluding hydrogens is 340 g/mol. The second-order valence-corrected chi connectivity index (χ2v) is 6.95. The lowest BCUT2D eigenvalue weighted by Gasteiger charge is -2.25. The summed E-state index contributed by atoms with van der Waals surface area (Å²) in [6.07, 6.45) is 0. The van der Waals surface area contributed by atoms with Gasteiger partial charge in [-0.15, -0.1) is 0 Å². The minimum atomic E-state index is -0.262. The second-order valence-electron chi connectivity index (χ2n) is 6.95. The summed E-state index contributed by atoms with van der Waals surface area (Å²) in [5, 5.41) is 0. The van der Waals surface area contributed by atoms with Crippen LogP contribution in [0.3, 0.4) is 0 Å². The van der Waals surface area contributed by atoms with Crippen LogP contribution >= 0.6 is 0 Å². The van der Waals surface area contributed by atoms with E-state index in [2.05, 4.69) is 66.7 Å². The van der Waals surface area contributed by atoms with Crippen LogP contribution in [0.1, 0.15) is 34.3 Å². The van der Waals surface area contributed by atoms with Crippen LogP contribution in [-0.2, 0) is 0 Å². The summed E-state index contributed by atoms with van der Waals surface area (Å²) in [6, 6.07) is 36.6. The molecule has 2 atom stereocenters. The fourth-order valence-corrected chi connectivity index (χ4v) is 3.74. The quantitative estimate of drug-likeness (QED) is 0.495. The first kappa shape index (κ1) is 18.2. The third-order valence-corrected chi connectivity index (χ3v) is 5.19. The van der Waals surface area contributed by atoms with Gasteiger partial charge in [0, 0.05) is 0 Å². The largest absolute Gasteiger partial charge is 0.320 e. The normalized spacial score (nSPS) is 13.1. The third kappa shape index (κ3) is 3.61. The predicted octanol–water partition coefficient (Wildman–Crippen LogP) is 5.45. The monoisotopic (exact) mass is 364 g/mol. The predicted molar refractivity (Wildman–Crippen MR) is 117 cm³/mol. The Hall–Kier alpha value is -3.20. The molecule has 0 bridgehead atoms. The molecular formula is C26H24N2. The van der Waals surface area contributed by atoms with Crippen molar-refractivity contribution in [2.24, 2.45) is 11.5 Å². The van der Waals surface area contributed by atoms with E-state index in [4.69, 9.17) is 11.5 Å². The van der Waals surface area contributed by atoms with Crippen LogP contribution in [0.5, 0.6) is 0 Å². The Kier molecular flexibility index (Phi) is 5.34. The minimum Gasteiger partial charge on any atom is -0.320 e. The summed E-state index contributed by atoms with van der Waals surface area (Å²) < 4.78 is 0. The molecule has 4 N–H and O–H groups in total. The summed E-state index contributed by atoms with van der Waals surface area (Å²) in [7, 11) is 0. The van der Waals surface area contributed by atoms with Gasteiger partial charge >= 0.3 is 0 Å². The zero-order valence-corrected chi connectivity index (χ0v) is 15.7. The van der Waals surface area contributed by atoms with Crippen molar-refractivity contribution in [1.29, 1.82) is 0 Å². The summed E-state index contributed by atoms with van der Waals surface area (Å²) in [4.78, 5) is 0. The number of hydrogen-bond donors (Lipinski definition) is 2. The maximum atomic E-state index is 6.82. The molecule has 0 aliphatic carbocycles. The van der Waals surface area contributed by atoms with E-state index in [1.807, 2.05) is 42.5 Å². The first-order valence-corrected chi connectivity index (χ1v) is 9.55. The van der Waals surface area contributed by atoms with Crippen molar-refractivity contribution in [3.05, 3.63) is 131 Å². The Labute approximate surface area is 166 Å². The highest BCUT2D eigenvalue weighted by Crippen LogP contribution is 2.36. The molecule has 2 unspecified atom stereocenters. The van der Waals surface area contributed by atoms with Gasteiger partial charge in [-0.1, -0.05) is 109 Å². The van der Waals surface area contributed by atoms with Crippen molar-refractivity contribution in [1.82, 2.24) is 0 Å². The summed E-state index contributed by atoms with van der Waals surface area (Å²) in [5.41, 5.74) is 20.1. The summed E-state index contributed by atoms with van der Waals surface area (Å²) in [6.45, 7) is 0. The molecule has 0 heterocycles. The standard InChI is InChI=1S/C26H24N2/c27-25(20-13-6-2-7-14-20)23-18-10-17-22(19-11-4-1-5-12-19)24(23)26(28)21-15-8-3-9-16-21/h1-18,25-26H,27-28H2. The minimum absolute atomic E-state index is 0.241. The SMILES string of the molecule is NC(c1ccccc1)c1cccc(-c2ccccc2)c1C(N)c1ccccc1. The van der Waals surface area contributed by atoms with Crippen LogP contribution in [0.2, 0.25) is 0 Å². The molecule has 0 aromatic heterocycles. The van der Waals surface area contributed by atoms with Crippen LogP contribution < -0.4 is 11.5 Å². The van der Waals surface area contributed by atoms with E-state index in [1.165, 1.54) is 0 Å². The molecule has 0 spiro atoms. The molecule has 28 heavy (non-hydrogen) atoms. The molecule has 4 rings (SSSR count). The van der Waals surface area contributed by atoms with Crippen LogP contribution in [0.15, 0.2) is 109 Å². The molecule has 138 valence electrons. The van der Waals surface area contributed by atoms with Crippen molar-refractivity contribution < 1.29 is 0 Å². The van der Waals surface area contributed by atoms with Crippen LogP contribution in [-0.4, -0.2) is 0 Å².